The lowest BCUT2D eigenvalue weighted by atomic mass is 10.00. The highest BCUT2D eigenvalue weighted by Gasteiger charge is 2.34. The van der Waals surface area contributed by atoms with Crippen LogP contribution in [0.2, 0.25) is 5.02 Å². The molecule has 1 saturated heterocycles. The number of likely N-dealkylation sites (tertiary alicyclic amines) is 1. The third-order valence-electron chi connectivity index (χ3n) is 3.92. The number of likely N-dealkylation sites (N-methyl/N-ethyl adjacent to an activating group) is 1. The van der Waals surface area contributed by atoms with Crippen molar-refractivity contribution in [2.75, 3.05) is 13.6 Å². The Kier molecular flexibility index (Phi) is 3.94. The van der Waals surface area contributed by atoms with E-state index < -0.39 is 0 Å². The van der Waals surface area contributed by atoms with Crippen LogP contribution in [0.4, 0.5) is 0 Å². The van der Waals surface area contributed by atoms with Crippen molar-refractivity contribution >= 4 is 17.5 Å². The van der Waals surface area contributed by atoms with Crippen LogP contribution < -0.4 is 5.32 Å². The van der Waals surface area contributed by atoms with Crippen molar-refractivity contribution in [3.63, 3.8) is 0 Å². The molecule has 3 rings (SSSR count). The summed E-state index contributed by atoms with van der Waals surface area (Å²) in [6.07, 6.45) is 2.50. The van der Waals surface area contributed by atoms with Gasteiger partial charge in [0.2, 0.25) is 0 Å². The minimum atomic E-state index is -0.119. The summed E-state index contributed by atoms with van der Waals surface area (Å²) >= 11 is 5.95. The SMILES string of the molecule is CN1CC[C@@H](NC(=O)c2ccn[nH]2)[C@H]1c1ccc(Cl)cc1. The molecule has 1 fully saturated rings. The van der Waals surface area contributed by atoms with E-state index in [-0.39, 0.29) is 18.0 Å². The largest absolute Gasteiger partial charge is 0.346 e. The predicted molar refractivity (Wildman–Crippen MR) is 81.3 cm³/mol. The van der Waals surface area contributed by atoms with Crippen LogP contribution in [0.15, 0.2) is 36.5 Å². The summed E-state index contributed by atoms with van der Waals surface area (Å²) in [7, 11) is 2.07. The molecule has 110 valence electrons. The predicted octanol–water partition coefficient (Wildman–Crippen LogP) is 2.24. The van der Waals surface area contributed by atoms with Crippen molar-refractivity contribution in [3.8, 4) is 0 Å². The highest BCUT2D eigenvalue weighted by molar-refractivity contribution is 6.30. The van der Waals surface area contributed by atoms with Crippen LogP contribution in [0.3, 0.4) is 0 Å². The lowest BCUT2D eigenvalue weighted by Crippen LogP contribution is -2.39. The molecule has 0 unspecified atom stereocenters. The highest BCUT2D eigenvalue weighted by Crippen LogP contribution is 2.31. The Balaban J connectivity index is 1.78. The lowest BCUT2D eigenvalue weighted by Gasteiger charge is -2.26. The average molecular weight is 305 g/mol. The van der Waals surface area contributed by atoms with Gasteiger partial charge in [-0.15, -0.1) is 0 Å². The molecule has 1 aromatic carbocycles. The molecule has 0 radical (unpaired) electrons. The van der Waals surface area contributed by atoms with Crippen LogP contribution in [0.25, 0.3) is 0 Å². The first-order valence-electron chi connectivity index (χ1n) is 6.91. The Hall–Kier alpha value is -1.85. The van der Waals surface area contributed by atoms with Gasteiger partial charge in [-0.1, -0.05) is 23.7 Å². The number of amides is 1. The number of hydrogen-bond acceptors (Lipinski definition) is 3. The average Bonchev–Trinajstić information content (AvgIpc) is 3.11. The Labute approximate surface area is 128 Å². The van der Waals surface area contributed by atoms with Crippen LogP contribution >= 0.6 is 11.6 Å². The number of aromatic nitrogens is 2. The first-order chi connectivity index (χ1) is 10.1. The summed E-state index contributed by atoms with van der Waals surface area (Å²) in [5, 5.41) is 10.3. The molecule has 1 aliphatic heterocycles. The molecule has 1 aromatic heterocycles. The molecule has 2 atom stereocenters. The molecule has 2 aromatic rings. The van der Waals surface area contributed by atoms with E-state index in [1.165, 1.54) is 0 Å². The number of benzene rings is 1. The maximum Gasteiger partial charge on any atom is 0.269 e. The first-order valence-corrected chi connectivity index (χ1v) is 7.29. The molecular formula is C15H17ClN4O. The van der Waals surface area contributed by atoms with Crippen LogP contribution in [-0.4, -0.2) is 40.6 Å². The molecule has 0 bridgehead atoms. The number of carbonyl (C=O) groups is 1. The fraction of sp³-hybridized carbons (Fsp3) is 0.333. The van der Waals surface area contributed by atoms with Gasteiger partial charge in [0, 0.05) is 17.8 Å². The Bertz CT molecular complexity index is 611. The number of H-pyrrole nitrogens is 1. The summed E-state index contributed by atoms with van der Waals surface area (Å²) in [5.74, 6) is -0.119. The van der Waals surface area contributed by atoms with Crippen molar-refractivity contribution in [1.82, 2.24) is 20.4 Å². The first kappa shape index (κ1) is 14.1. The van der Waals surface area contributed by atoms with Crippen LogP contribution in [-0.2, 0) is 0 Å². The second-order valence-corrected chi connectivity index (χ2v) is 5.75. The minimum Gasteiger partial charge on any atom is -0.346 e. The van der Waals surface area contributed by atoms with Crippen molar-refractivity contribution in [1.29, 1.82) is 0 Å². The normalized spacial score (nSPS) is 22.4. The lowest BCUT2D eigenvalue weighted by molar-refractivity contribution is 0.0922. The van der Waals surface area contributed by atoms with Gasteiger partial charge in [0.1, 0.15) is 5.69 Å². The zero-order valence-corrected chi connectivity index (χ0v) is 12.5. The van der Waals surface area contributed by atoms with E-state index in [9.17, 15) is 4.79 Å². The van der Waals surface area contributed by atoms with E-state index in [2.05, 4.69) is 27.5 Å². The van der Waals surface area contributed by atoms with Gasteiger partial charge in [-0.05, 0) is 37.2 Å². The van der Waals surface area contributed by atoms with Gasteiger partial charge in [0.15, 0.2) is 0 Å². The third kappa shape index (κ3) is 2.94. The molecule has 1 amide bonds. The van der Waals surface area contributed by atoms with Gasteiger partial charge in [0.05, 0.1) is 12.1 Å². The molecule has 5 nitrogen and oxygen atoms in total. The van der Waals surface area contributed by atoms with Gasteiger partial charge in [-0.25, -0.2) is 0 Å². The quantitative estimate of drug-likeness (QED) is 0.914. The Morgan fingerprint density at radius 2 is 2.14 bits per heavy atom. The Morgan fingerprint density at radius 3 is 2.81 bits per heavy atom. The second kappa shape index (κ2) is 5.87. The molecule has 2 N–H and O–H groups in total. The van der Waals surface area contributed by atoms with Crippen LogP contribution in [0.1, 0.15) is 28.5 Å². The number of halogens is 1. The number of carbonyl (C=O) groups excluding carboxylic acids is 1. The summed E-state index contributed by atoms with van der Waals surface area (Å²) in [6, 6.07) is 9.72. The maximum atomic E-state index is 12.2. The molecule has 6 heteroatoms. The summed E-state index contributed by atoms with van der Waals surface area (Å²) in [5.41, 5.74) is 1.65. The van der Waals surface area contributed by atoms with Crippen LogP contribution in [0.5, 0.6) is 0 Å². The number of aromatic amines is 1. The van der Waals surface area contributed by atoms with Crippen molar-refractivity contribution in [2.24, 2.45) is 0 Å². The van der Waals surface area contributed by atoms with Gasteiger partial charge < -0.3 is 5.32 Å². The number of nitrogens with one attached hydrogen (secondary N) is 2. The molecular weight excluding hydrogens is 288 g/mol. The van der Waals surface area contributed by atoms with Crippen molar-refractivity contribution in [3.05, 3.63) is 52.8 Å². The van der Waals surface area contributed by atoms with Gasteiger partial charge >= 0.3 is 0 Å². The molecule has 2 heterocycles. The highest BCUT2D eigenvalue weighted by atomic mass is 35.5. The van der Waals surface area contributed by atoms with Crippen LogP contribution in [0, 0.1) is 0 Å². The van der Waals surface area contributed by atoms with Gasteiger partial charge in [-0.2, -0.15) is 5.10 Å². The zero-order chi connectivity index (χ0) is 14.8. The summed E-state index contributed by atoms with van der Waals surface area (Å²) in [4.78, 5) is 14.4. The number of nitrogens with zero attached hydrogens (tertiary/aromatic N) is 2. The van der Waals surface area contributed by atoms with E-state index >= 15 is 0 Å². The standard InChI is InChI=1S/C15H17ClN4O/c1-20-9-7-12(18-15(21)13-6-8-17-19-13)14(20)10-2-4-11(16)5-3-10/h2-6,8,12,14H,7,9H2,1H3,(H,17,19)(H,18,21)/t12-,14-/m1/s1. The maximum absolute atomic E-state index is 12.2. The third-order valence-corrected chi connectivity index (χ3v) is 4.17. The Morgan fingerprint density at radius 1 is 1.38 bits per heavy atom. The monoisotopic (exact) mass is 304 g/mol. The smallest absolute Gasteiger partial charge is 0.269 e. The molecule has 0 aliphatic carbocycles. The van der Waals surface area contributed by atoms with E-state index in [0.717, 1.165) is 23.6 Å². The molecule has 0 spiro atoms. The molecule has 0 saturated carbocycles. The number of hydrogen-bond donors (Lipinski definition) is 2. The van der Waals surface area contributed by atoms with E-state index in [0.29, 0.717) is 5.69 Å². The minimum absolute atomic E-state index is 0.0759. The molecule has 1 aliphatic rings. The fourth-order valence-corrected chi connectivity index (χ4v) is 3.00. The van der Waals surface area contributed by atoms with E-state index in [1.54, 1.807) is 12.3 Å². The fourth-order valence-electron chi connectivity index (χ4n) is 2.87. The zero-order valence-electron chi connectivity index (χ0n) is 11.7. The summed E-state index contributed by atoms with van der Waals surface area (Å²) in [6.45, 7) is 0.946. The number of rotatable bonds is 3. The van der Waals surface area contributed by atoms with E-state index in [1.807, 2.05) is 24.3 Å². The second-order valence-electron chi connectivity index (χ2n) is 5.32. The summed E-state index contributed by atoms with van der Waals surface area (Å²) < 4.78 is 0. The van der Waals surface area contributed by atoms with Crippen molar-refractivity contribution in [2.45, 2.75) is 18.5 Å². The topological polar surface area (TPSA) is 61.0 Å². The van der Waals surface area contributed by atoms with Crippen molar-refractivity contribution < 1.29 is 4.79 Å². The van der Waals surface area contributed by atoms with Gasteiger partial charge in [0.25, 0.3) is 5.91 Å². The van der Waals surface area contributed by atoms with E-state index in [4.69, 9.17) is 11.6 Å². The molecule has 21 heavy (non-hydrogen) atoms. The van der Waals surface area contributed by atoms with Gasteiger partial charge in [-0.3, -0.25) is 14.8 Å².